The van der Waals surface area contributed by atoms with Gasteiger partial charge in [-0.2, -0.15) is 0 Å². The first-order valence-corrected chi connectivity index (χ1v) is 10.8. The number of hydrogen-bond acceptors (Lipinski definition) is 5. The Morgan fingerprint density at radius 1 is 1.17 bits per heavy atom. The Kier molecular flexibility index (Phi) is 5.51. The highest BCUT2D eigenvalue weighted by Crippen LogP contribution is 2.48. The number of ether oxygens (including phenoxy) is 1. The predicted octanol–water partition coefficient (Wildman–Crippen LogP) is 2.45. The summed E-state index contributed by atoms with van der Waals surface area (Å²) in [6.07, 6.45) is 3.80. The molecular weight excluding hydrogens is 386 g/mol. The van der Waals surface area contributed by atoms with Crippen LogP contribution in [0.4, 0.5) is 4.79 Å². The van der Waals surface area contributed by atoms with Crippen molar-refractivity contribution in [2.24, 2.45) is 5.92 Å². The van der Waals surface area contributed by atoms with E-state index in [1.165, 1.54) is 4.90 Å². The van der Waals surface area contributed by atoms with E-state index in [9.17, 15) is 14.4 Å². The van der Waals surface area contributed by atoms with Crippen LogP contribution in [-0.2, 0) is 14.3 Å². The van der Waals surface area contributed by atoms with Gasteiger partial charge in [0.05, 0.1) is 6.26 Å². The van der Waals surface area contributed by atoms with E-state index in [0.717, 1.165) is 31.6 Å². The molecule has 4 rings (SSSR count). The second-order valence-electron chi connectivity index (χ2n) is 9.53. The fourth-order valence-corrected chi connectivity index (χ4v) is 4.48. The molecule has 2 saturated heterocycles. The largest absolute Gasteiger partial charge is 0.469 e. The number of piperidine rings is 1. The summed E-state index contributed by atoms with van der Waals surface area (Å²) in [4.78, 5) is 43.2. The molecule has 1 aromatic rings. The number of furan rings is 1. The smallest absolute Gasteiger partial charge is 0.410 e. The summed E-state index contributed by atoms with van der Waals surface area (Å²) >= 11 is 0. The summed E-state index contributed by atoms with van der Waals surface area (Å²) in [6.45, 7) is 7.70. The van der Waals surface area contributed by atoms with Gasteiger partial charge >= 0.3 is 6.09 Å². The van der Waals surface area contributed by atoms with Gasteiger partial charge in [0.15, 0.2) is 0 Å². The molecule has 164 valence electrons. The fraction of sp³-hybridized carbons (Fsp3) is 0.682. The van der Waals surface area contributed by atoms with E-state index >= 15 is 0 Å². The minimum Gasteiger partial charge on any atom is -0.469 e. The maximum Gasteiger partial charge on any atom is 0.410 e. The van der Waals surface area contributed by atoms with Crippen molar-refractivity contribution in [3.63, 3.8) is 0 Å². The lowest BCUT2D eigenvalue weighted by Gasteiger charge is -2.43. The summed E-state index contributed by atoms with van der Waals surface area (Å²) in [7, 11) is 0. The maximum absolute atomic E-state index is 13.0. The van der Waals surface area contributed by atoms with Crippen molar-refractivity contribution in [2.45, 2.75) is 57.6 Å². The summed E-state index contributed by atoms with van der Waals surface area (Å²) in [5.74, 6) is 1.16. The van der Waals surface area contributed by atoms with Gasteiger partial charge in [-0.1, -0.05) is 0 Å². The van der Waals surface area contributed by atoms with Crippen molar-refractivity contribution in [2.75, 3.05) is 32.7 Å². The minimum absolute atomic E-state index is 0.00498. The highest BCUT2D eigenvalue weighted by molar-refractivity contribution is 5.85. The number of likely N-dealkylation sites (tertiary alicyclic amines) is 1. The lowest BCUT2D eigenvalue weighted by atomic mass is 10.0. The van der Waals surface area contributed by atoms with E-state index in [1.54, 1.807) is 6.26 Å². The highest BCUT2D eigenvalue weighted by Gasteiger charge is 2.48. The molecule has 0 aromatic carbocycles. The molecule has 1 aromatic heterocycles. The van der Waals surface area contributed by atoms with Crippen LogP contribution in [0.25, 0.3) is 0 Å². The van der Waals surface area contributed by atoms with Gasteiger partial charge in [-0.05, 0) is 52.2 Å². The topological polar surface area (TPSA) is 83.3 Å². The second-order valence-corrected chi connectivity index (χ2v) is 9.53. The molecule has 3 fully saturated rings. The van der Waals surface area contributed by atoms with E-state index in [2.05, 4.69) is 0 Å². The zero-order valence-electron chi connectivity index (χ0n) is 18.0. The molecule has 3 atom stereocenters. The normalized spacial score (nSPS) is 27.2. The molecule has 0 spiro atoms. The monoisotopic (exact) mass is 417 g/mol. The van der Waals surface area contributed by atoms with Gasteiger partial charge in [0.2, 0.25) is 11.8 Å². The quantitative estimate of drug-likeness (QED) is 0.754. The van der Waals surface area contributed by atoms with Gasteiger partial charge < -0.3 is 19.0 Å². The first-order chi connectivity index (χ1) is 14.2. The molecule has 0 bridgehead atoms. The van der Waals surface area contributed by atoms with Crippen molar-refractivity contribution in [3.8, 4) is 0 Å². The lowest BCUT2D eigenvalue weighted by molar-refractivity contribution is -0.143. The summed E-state index contributed by atoms with van der Waals surface area (Å²) in [5.41, 5.74) is -0.586. The van der Waals surface area contributed by atoms with Crippen molar-refractivity contribution in [1.29, 1.82) is 0 Å². The first-order valence-electron chi connectivity index (χ1n) is 10.8. The van der Waals surface area contributed by atoms with Crippen molar-refractivity contribution in [3.05, 3.63) is 24.2 Å². The van der Waals surface area contributed by atoms with Crippen LogP contribution in [0.3, 0.4) is 0 Å². The number of piperazine rings is 1. The average Bonchev–Trinajstić information content (AvgIpc) is 3.30. The second kappa shape index (κ2) is 7.96. The van der Waals surface area contributed by atoms with E-state index in [4.69, 9.17) is 9.15 Å². The van der Waals surface area contributed by atoms with Gasteiger partial charge in [-0.3, -0.25) is 14.5 Å². The zero-order valence-corrected chi connectivity index (χ0v) is 18.0. The van der Waals surface area contributed by atoms with Crippen LogP contribution in [-0.4, -0.2) is 77.0 Å². The van der Waals surface area contributed by atoms with Crippen LogP contribution in [0.1, 0.15) is 51.7 Å². The lowest BCUT2D eigenvalue weighted by Crippen LogP contribution is -2.59. The summed E-state index contributed by atoms with van der Waals surface area (Å²) < 4.78 is 10.8. The molecule has 30 heavy (non-hydrogen) atoms. The van der Waals surface area contributed by atoms with E-state index in [-0.39, 0.29) is 36.2 Å². The van der Waals surface area contributed by atoms with Gasteiger partial charge in [0.25, 0.3) is 0 Å². The Balaban J connectivity index is 1.31. The summed E-state index contributed by atoms with van der Waals surface area (Å²) in [5, 5.41) is 0. The third kappa shape index (κ3) is 4.47. The van der Waals surface area contributed by atoms with E-state index in [1.807, 2.05) is 42.7 Å². The number of carbonyl (C=O) groups excluding carboxylic acids is 3. The minimum atomic E-state index is -0.586. The Morgan fingerprint density at radius 3 is 2.63 bits per heavy atom. The molecule has 1 saturated carbocycles. The van der Waals surface area contributed by atoms with Crippen LogP contribution >= 0.6 is 0 Å². The average molecular weight is 418 g/mol. The van der Waals surface area contributed by atoms with Gasteiger partial charge in [0.1, 0.15) is 17.9 Å². The molecule has 1 aliphatic carbocycles. The van der Waals surface area contributed by atoms with Crippen LogP contribution in [0.2, 0.25) is 0 Å². The van der Waals surface area contributed by atoms with Gasteiger partial charge in [-0.15, -0.1) is 0 Å². The molecule has 3 unspecified atom stereocenters. The standard InChI is InChI=1S/C22H31N3O5/c1-22(2,3)30-21(28)24-9-10-25(19(26)14-24)15-6-4-8-23(13-15)20(27)17-12-16(17)18-7-5-11-29-18/h5,7,11,15-17H,4,6,8-10,12-14H2,1-3H3. The third-order valence-electron chi connectivity index (χ3n) is 6.07. The number of hydrogen-bond donors (Lipinski definition) is 0. The van der Waals surface area contributed by atoms with Crippen LogP contribution < -0.4 is 0 Å². The Hall–Kier alpha value is -2.51. The third-order valence-corrected chi connectivity index (χ3v) is 6.07. The predicted molar refractivity (Wildman–Crippen MR) is 109 cm³/mol. The Bertz CT molecular complexity index is 800. The van der Waals surface area contributed by atoms with Crippen molar-refractivity contribution in [1.82, 2.24) is 14.7 Å². The summed E-state index contributed by atoms with van der Waals surface area (Å²) in [6, 6.07) is 3.80. The molecular formula is C22H31N3O5. The van der Waals surface area contributed by atoms with Gasteiger partial charge in [0, 0.05) is 44.1 Å². The molecule has 8 nitrogen and oxygen atoms in total. The number of amides is 3. The fourth-order valence-electron chi connectivity index (χ4n) is 4.48. The molecule has 3 heterocycles. The van der Waals surface area contributed by atoms with Crippen LogP contribution in [0.5, 0.6) is 0 Å². The Morgan fingerprint density at radius 2 is 1.97 bits per heavy atom. The zero-order chi connectivity index (χ0) is 21.5. The number of carbonyl (C=O) groups is 3. The van der Waals surface area contributed by atoms with Crippen molar-refractivity contribution < 1.29 is 23.5 Å². The maximum atomic E-state index is 13.0. The molecule has 0 N–H and O–H groups in total. The van der Waals surface area contributed by atoms with Crippen molar-refractivity contribution >= 4 is 17.9 Å². The molecule has 3 aliphatic rings. The van der Waals surface area contributed by atoms with Crippen LogP contribution in [0.15, 0.2) is 22.8 Å². The highest BCUT2D eigenvalue weighted by atomic mass is 16.6. The molecule has 0 radical (unpaired) electrons. The SMILES string of the molecule is CC(C)(C)OC(=O)N1CCN(C2CCCN(C(=O)C3CC3c3ccco3)C2)C(=O)C1. The Labute approximate surface area is 177 Å². The molecule has 2 aliphatic heterocycles. The molecule has 3 amide bonds. The van der Waals surface area contributed by atoms with E-state index < -0.39 is 11.7 Å². The van der Waals surface area contributed by atoms with E-state index in [0.29, 0.717) is 19.6 Å². The van der Waals surface area contributed by atoms with Crippen LogP contribution in [0, 0.1) is 5.92 Å². The molecule has 8 heteroatoms. The number of rotatable bonds is 3. The first kappa shape index (κ1) is 20.8. The number of nitrogens with zero attached hydrogens (tertiary/aromatic N) is 3. The van der Waals surface area contributed by atoms with Gasteiger partial charge in [-0.25, -0.2) is 4.79 Å².